The Labute approximate surface area is 198 Å². The molecule has 3 aromatic carbocycles. The highest BCUT2D eigenvalue weighted by Crippen LogP contribution is 2.31. The first kappa shape index (κ1) is 23.6. The van der Waals surface area contributed by atoms with Gasteiger partial charge >= 0.3 is 6.18 Å². The largest absolute Gasteiger partial charge is 0.485 e. The zero-order chi connectivity index (χ0) is 24.3. The van der Waals surface area contributed by atoms with Crippen LogP contribution in [0.4, 0.5) is 18.9 Å². The first-order chi connectivity index (χ1) is 16.2. The molecule has 0 spiro atoms. The number of nitrogens with zero attached hydrogens (tertiary/aromatic N) is 3. The monoisotopic (exact) mass is 486 g/mol. The molecule has 10 heteroatoms. The first-order valence-corrected chi connectivity index (χ1v) is 11.3. The summed E-state index contributed by atoms with van der Waals surface area (Å²) in [6.45, 7) is 2.19. The lowest BCUT2D eigenvalue weighted by Gasteiger charge is -2.11. The van der Waals surface area contributed by atoms with Crippen LogP contribution in [0.5, 0.6) is 5.75 Å². The molecule has 0 aliphatic heterocycles. The van der Waals surface area contributed by atoms with Gasteiger partial charge < -0.3 is 14.6 Å². The molecule has 1 N–H and O–H groups in total. The molecular formula is C24H21F3N4O2S. The van der Waals surface area contributed by atoms with Crippen LogP contribution in [0.3, 0.4) is 0 Å². The van der Waals surface area contributed by atoms with E-state index in [1.807, 2.05) is 43.3 Å². The van der Waals surface area contributed by atoms with Crippen LogP contribution >= 0.6 is 11.8 Å². The van der Waals surface area contributed by atoms with E-state index in [4.69, 9.17) is 4.74 Å². The van der Waals surface area contributed by atoms with E-state index in [-0.39, 0.29) is 18.0 Å². The molecule has 0 bridgehead atoms. The fourth-order valence-electron chi connectivity index (χ4n) is 3.40. The Morgan fingerprint density at radius 2 is 1.88 bits per heavy atom. The summed E-state index contributed by atoms with van der Waals surface area (Å²) in [6, 6.07) is 16.5. The van der Waals surface area contributed by atoms with Crippen LogP contribution in [0.15, 0.2) is 65.8 Å². The predicted octanol–water partition coefficient (Wildman–Crippen LogP) is 5.61. The van der Waals surface area contributed by atoms with Crippen molar-refractivity contribution in [3.63, 3.8) is 0 Å². The average Bonchev–Trinajstić information content (AvgIpc) is 3.16. The molecule has 6 nitrogen and oxygen atoms in total. The number of amides is 1. The van der Waals surface area contributed by atoms with Crippen molar-refractivity contribution in [1.29, 1.82) is 0 Å². The number of benzene rings is 3. The molecule has 1 heterocycles. The van der Waals surface area contributed by atoms with Gasteiger partial charge in [0.25, 0.3) is 0 Å². The van der Waals surface area contributed by atoms with Gasteiger partial charge in [0.15, 0.2) is 11.0 Å². The number of hydrogen-bond donors (Lipinski definition) is 1. The van der Waals surface area contributed by atoms with Gasteiger partial charge in [-0.15, -0.1) is 10.2 Å². The number of fused-ring (bicyclic) bond motifs is 1. The number of carbonyl (C=O) groups is 1. The molecule has 0 atom stereocenters. The minimum atomic E-state index is -4.47. The van der Waals surface area contributed by atoms with Crippen LogP contribution in [-0.2, 0) is 24.6 Å². The fraction of sp³-hybridized carbons (Fsp3) is 0.208. The standard InChI is InChI=1S/C24H21F3N4O2S/c1-15-19-9-4-3-6-16(19)10-11-20(15)33-13-21-29-30-23(31(21)2)34-14-22(32)28-18-8-5-7-17(12-18)24(25,26)27/h3-12H,13-14H2,1-2H3,(H,28,32). The van der Waals surface area contributed by atoms with Crippen LogP contribution in [0.1, 0.15) is 17.0 Å². The maximum absolute atomic E-state index is 12.8. The Morgan fingerprint density at radius 3 is 2.68 bits per heavy atom. The summed E-state index contributed by atoms with van der Waals surface area (Å²) in [5, 5.41) is 13.4. The lowest BCUT2D eigenvalue weighted by molar-refractivity contribution is -0.137. The number of aryl methyl sites for hydroxylation is 1. The van der Waals surface area contributed by atoms with E-state index in [1.165, 1.54) is 12.1 Å². The Balaban J connectivity index is 1.35. The number of carbonyl (C=O) groups excluding carboxylic acids is 1. The second kappa shape index (κ2) is 9.76. The molecule has 0 saturated carbocycles. The maximum Gasteiger partial charge on any atom is 0.416 e. The van der Waals surface area contributed by atoms with Crippen molar-refractivity contribution < 1.29 is 22.7 Å². The summed E-state index contributed by atoms with van der Waals surface area (Å²) in [4.78, 5) is 12.2. The lowest BCUT2D eigenvalue weighted by atomic mass is 10.0. The van der Waals surface area contributed by atoms with Crippen LogP contribution in [0.2, 0.25) is 0 Å². The van der Waals surface area contributed by atoms with Crippen molar-refractivity contribution in [1.82, 2.24) is 14.8 Å². The van der Waals surface area contributed by atoms with Crippen molar-refractivity contribution in [2.75, 3.05) is 11.1 Å². The van der Waals surface area contributed by atoms with Crippen LogP contribution in [0.25, 0.3) is 10.8 Å². The highest BCUT2D eigenvalue weighted by Gasteiger charge is 2.30. The SMILES string of the molecule is Cc1c(OCc2nnc(SCC(=O)Nc3cccc(C(F)(F)F)c3)n2C)ccc2ccccc12. The zero-order valence-corrected chi connectivity index (χ0v) is 19.2. The van der Waals surface area contributed by atoms with Gasteiger partial charge in [-0.25, -0.2) is 0 Å². The normalized spacial score (nSPS) is 11.6. The quantitative estimate of drug-likeness (QED) is 0.344. The molecule has 176 valence electrons. The topological polar surface area (TPSA) is 69.0 Å². The van der Waals surface area contributed by atoms with E-state index in [0.29, 0.717) is 11.0 Å². The average molecular weight is 487 g/mol. The fourth-order valence-corrected chi connectivity index (χ4v) is 4.13. The number of alkyl halides is 3. The molecular weight excluding hydrogens is 465 g/mol. The molecule has 1 aromatic heterocycles. The van der Waals surface area contributed by atoms with Gasteiger partial charge in [-0.3, -0.25) is 4.79 Å². The Morgan fingerprint density at radius 1 is 1.09 bits per heavy atom. The van der Waals surface area contributed by atoms with Crippen molar-refractivity contribution in [3.05, 3.63) is 77.6 Å². The third kappa shape index (κ3) is 5.33. The molecule has 0 saturated heterocycles. The number of anilines is 1. The third-order valence-electron chi connectivity index (χ3n) is 5.24. The maximum atomic E-state index is 12.8. The van der Waals surface area contributed by atoms with Crippen molar-refractivity contribution in [2.45, 2.75) is 24.9 Å². The van der Waals surface area contributed by atoms with Crippen molar-refractivity contribution >= 4 is 34.1 Å². The van der Waals surface area contributed by atoms with E-state index in [0.717, 1.165) is 46.0 Å². The molecule has 0 radical (unpaired) electrons. The van der Waals surface area contributed by atoms with Gasteiger partial charge in [0, 0.05) is 12.7 Å². The molecule has 0 aliphatic rings. The number of thioether (sulfide) groups is 1. The van der Waals surface area contributed by atoms with Crippen LogP contribution < -0.4 is 10.1 Å². The van der Waals surface area contributed by atoms with Gasteiger partial charge in [0.2, 0.25) is 5.91 Å². The van der Waals surface area contributed by atoms with E-state index in [1.54, 1.807) is 11.6 Å². The minimum absolute atomic E-state index is 0.0349. The lowest BCUT2D eigenvalue weighted by Crippen LogP contribution is -2.15. The number of halogens is 3. The van der Waals surface area contributed by atoms with Gasteiger partial charge in [0.1, 0.15) is 12.4 Å². The summed E-state index contributed by atoms with van der Waals surface area (Å²) in [5.74, 6) is 0.842. The highest BCUT2D eigenvalue weighted by molar-refractivity contribution is 7.99. The summed E-state index contributed by atoms with van der Waals surface area (Å²) < 4.78 is 46.2. The molecule has 4 aromatic rings. The summed E-state index contributed by atoms with van der Waals surface area (Å²) in [6.07, 6.45) is -4.47. The second-order valence-electron chi connectivity index (χ2n) is 7.57. The van der Waals surface area contributed by atoms with Gasteiger partial charge in [-0.1, -0.05) is 48.2 Å². The summed E-state index contributed by atoms with van der Waals surface area (Å²) in [7, 11) is 1.76. The Bertz CT molecular complexity index is 1340. The molecule has 4 rings (SSSR count). The first-order valence-electron chi connectivity index (χ1n) is 10.3. The zero-order valence-electron chi connectivity index (χ0n) is 18.4. The van der Waals surface area contributed by atoms with E-state index in [9.17, 15) is 18.0 Å². The smallest absolute Gasteiger partial charge is 0.416 e. The van der Waals surface area contributed by atoms with Gasteiger partial charge in [-0.05, 0) is 47.5 Å². The number of hydrogen-bond acceptors (Lipinski definition) is 5. The number of ether oxygens (including phenoxy) is 1. The number of aromatic nitrogens is 3. The van der Waals surface area contributed by atoms with E-state index >= 15 is 0 Å². The Kier molecular flexibility index (Phi) is 6.78. The number of rotatable bonds is 7. The molecule has 0 aliphatic carbocycles. The van der Waals surface area contributed by atoms with Crippen LogP contribution in [-0.4, -0.2) is 26.4 Å². The van der Waals surface area contributed by atoms with Gasteiger partial charge in [-0.2, -0.15) is 13.2 Å². The molecule has 1 amide bonds. The summed E-state index contributed by atoms with van der Waals surface area (Å²) in [5.41, 5.74) is 0.289. The van der Waals surface area contributed by atoms with E-state index < -0.39 is 17.6 Å². The molecule has 0 fully saturated rings. The van der Waals surface area contributed by atoms with Gasteiger partial charge in [0.05, 0.1) is 11.3 Å². The molecule has 0 unspecified atom stereocenters. The van der Waals surface area contributed by atoms with Crippen molar-refractivity contribution in [3.8, 4) is 5.75 Å². The molecule has 34 heavy (non-hydrogen) atoms. The minimum Gasteiger partial charge on any atom is -0.485 e. The third-order valence-corrected chi connectivity index (χ3v) is 6.26. The van der Waals surface area contributed by atoms with Crippen LogP contribution in [0, 0.1) is 6.92 Å². The van der Waals surface area contributed by atoms with Crippen molar-refractivity contribution in [2.24, 2.45) is 7.05 Å². The highest BCUT2D eigenvalue weighted by atomic mass is 32.2. The summed E-state index contributed by atoms with van der Waals surface area (Å²) >= 11 is 1.13. The second-order valence-corrected chi connectivity index (χ2v) is 8.51. The Hall–Kier alpha value is -3.53. The van der Waals surface area contributed by atoms with E-state index in [2.05, 4.69) is 15.5 Å². The predicted molar refractivity (Wildman–Crippen MR) is 125 cm³/mol. The number of nitrogens with one attached hydrogen (secondary N) is 1.